The molecular weight excluding hydrogens is 396 g/mol. The van der Waals surface area contributed by atoms with Crippen LogP contribution in [0.3, 0.4) is 0 Å². The number of nitrogens with zero attached hydrogens (tertiary/aromatic N) is 1. The molecular formula is C21H21ClN2O5. The molecule has 0 aliphatic carbocycles. The number of methoxy groups -OCH3 is 2. The number of halogens is 1. The Morgan fingerprint density at radius 3 is 2.52 bits per heavy atom. The van der Waals surface area contributed by atoms with E-state index in [-0.39, 0.29) is 5.56 Å². The van der Waals surface area contributed by atoms with E-state index in [0.717, 1.165) is 0 Å². The third kappa shape index (κ3) is 4.00. The van der Waals surface area contributed by atoms with Gasteiger partial charge in [-0.1, -0.05) is 11.6 Å². The van der Waals surface area contributed by atoms with E-state index in [1.165, 1.54) is 32.5 Å². The minimum absolute atomic E-state index is 0.00961. The quantitative estimate of drug-likeness (QED) is 0.660. The highest BCUT2D eigenvalue weighted by Crippen LogP contribution is 2.36. The third-order valence-corrected chi connectivity index (χ3v) is 4.73. The molecule has 0 aliphatic rings. The summed E-state index contributed by atoms with van der Waals surface area (Å²) in [6, 6.07) is 8.29. The number of carbonyl (C=O) groups excluding carboxylic acids is 1. The van der Waals surface area contributed by atoms with Crippen LogP contribution in [0.2, 0.25) is 5.02 Å². The summed E-state index contributed by atoms with van der Waals surface area (Å²) in [5.74, 6) is 0.715. The number of aromatic nitrogens is 1. The van der Waals surface area contributed by atoms with E-state index in [1.807, 2.05) is 6.92 Å². The molecule has 7 nitrogen and oxygen atoms in total. The summed E-state index contributed by atoms with van der Waals surface area (Å²) in [6.45, 7) is 2.34. The fraction of sp³-hybridized carbons (Fsp3) is 0.238. The van der Waals surface area contributed by atoms with E-state index in [2.05, 4.69) is 5.32 Å². The van der Waals surface area contributed by atoms with Crippen LogP contribution in [-0.2, 0) is 7.05 Å². The second kappa shape index (κ2) is 8.45. The van der Waals surface area contributed by atoms with Crippen LogP contribution in [-0.4, -0.2) is 31.3 Å². The number of rotatable bonds is 6. The lowest BCUT2D eigenvalue weighted by Crippen LogP contribution is -2.23. The summed E-state index contributed by atoms with van der Waals surface area (Å²) in [4.78, 5) is 25.9. The molecule has 1 aromatic heterocycles. The van der Waals surface area contributed by atoms with Crippen molar-refractivity contribution < 1.29 is 19.0 Å². The number of pyridine rings is 1. The Labute approximate surface area is 172 Å². The van der Waals surface area contributed by atoms with Gasteiger partial charge < -0.3 is 24.1 Å². The molecule has 3 aromatic rings. The molecule has 29 heavy (non-hydrogen) atoms. The second-order valence-electron chi connectivity index (χ2n) is 6.24. The lowest BCUT2D eigenvalue weighted by atomic mass is 10.1. The number of ether oxygens (including phenoxy) is 3. The monoisotopic (exact) mass is 416 g/mol. The van der Waals surface area contributed by atoms with Crippen molar-refractivity contribution in [2.45, 2.75) is 6.92 Å². The van der Waals surface area contributed by atoms with Gasteiger partial charge in [-0.05, 0) is 25.1 Å². The van der Waals surface area contributed by atoms with Gasteiger partial charge >= 0.3 is 0 Å². The van der Waals surface area contributed by atoms with Gasteiger partial charge in [0.25, 0.3) is 5.91 Å². The fourth-order valence-electron chi connectivity index (χ4n) is 3.04. The van der Waals surface area contributed by atoms with Gasteiger partial charge in [-0.25, -0.2) is 0 Å². The first kappa shape index (κ1) is 20.5. The molecule has 1 amide bonds. The average molecular weight is 417 g/mol. The van der Waals surface area contributed by atoms with Crippen LogP contribution in [0, 0.1) is 0 Å². The average Bonchev–Trinajstić information content (AvgIpc) is 2.71. The van der Waals surface area contributed by atoms with Gasteiger partial charge in [0.05, 0.1) is 42.4 Å². The minimum atomic E-state index is -0.572. The van der Waals surface area contributed by atoms with Crippen molar-refractivity contribution >= 4 is 34.1 Å². The van der Waals surface area contributed by atoms with E-state index >= 15 is 0 Å². The van der Waals surface area contributed by atoms with Crippen LogP contribution >= 0.6 is 11.6 Å². The van der Waals surface area contributed by atoms with Crippen LogP contribution in [0.5, 0.6) is 17.2 Å². The Balaban J connectivity index is 2.06. The third-order valence-electron chi connectivity index (χ3n) is 4.44. The van der Waals surface area contributed by atoms with Gasteiger partial charge in [-0.2, -0.15) is 0 Å². The summed E-state index contributed by atoms with van der Waals surface area (Å²) < 4.78 is 17.7. The molecule has 0 saturated carbocycles. The van der Waals surface area contributed by atoms with Crippen molar-refractivity contribution in [2.75, 3.05) is 26.1 Å². The van der Waals surface area contributed by atoms with Gasteiger partial charge in [0.15, 0.2) is 0 Å². The number of anilines is 1. The van der Waals surface area contributed by atoms with Gasteiger partial charge in [0.2, 0.25) is 5.43 Å². The Kier molecular flexibility index (Phi) is 5.98. The molecule has 2 aromatic carbocycles. The standard InChI is InChI=1S/C21H21ClN2O5/c1-5-29-12-6-7-17-13(8-12)20(25)14(11-24(17)2)21(26)23-16-10-18(27-3)15(22)9-19(16)28-4/h6-11H,5H2,1-4H3,(H,23,26). The maximum Gasteiger partial charge on any atom is 0.261 e. The number of amides is 1. The van der Waals surface area contributed by atoms with E-state index in [9.17, 15) is 9.59 Å². The molecule has 0 bridgehead atoms. The highest BCUT2D eigenvalue weighted by atomic mass is 35.5. The number of benzene rings is 2. The van der Waals surface area contributed by atoms with E-state index < -0.39 is 11.3 Å². The van der Waals surface area contributed by atoms with Crippen LogP contribution < -0.4 is 25.0 Å². The molecule has 8 heteroatoms. The Morgan fingerprint density at radius 1 is 1.14 bits per heavy atom. The lowest BCUT2D eigenvalue weighted by molar-refractivity contribution is 0.102. The highest BCUT2D eigenvalue weighted by molar-refractivity contribution is 6.32. The number of fused-ring (bicyclic) bond motifs is 1. The molecule has 1 N–H and O–H groups in total. The van der Waals surface area contributed by atoms with Gasteiger partial charge in [-0.15, -0.1) is 0 Å². The minimum Gasteiger partial charge on any atom is -0.495 e. The van der Waals surface area contributed by atoms with Crippen molar-refractivity contribution in [1.29, 1.82) is 0 Å². The van der Waals surface area contributed by atoms with Gasteiger partial charge in [0.1, 0.15) is 22.8 Å². The molecule has 0 saturated heterocycles. The van der Waals surface area contributed by atoms with Gasteiger partial charge in [0, 0.05) is 25.4 Å². The van der Waals surface area contributed by atoms with Crippen molar-refractivity contribution in [3.63, 3.8) is 0 Å². The van der Waals surface area contributed by atoms with Crippen molar-refractivity contribution in [3.8, 4) is 17.2 Å². The molecule has 1 heterocycles. The lowest BCUT2D eigenvalue weighted by Gasteiger charge is -2.14. The first-order valence-corrected chi connectivity index (χ1v) is 9.26. The van der Waals surface area contributed by atoms with Crippen molar-refractivity contribution in [3.05, 3.63) is 57.3 Å². The summed E-state index contributed by atoms with van der Waals surface area (Å²) in [5.41, 5.74) is 0.631. The highest BCUT2D eigenvalue weighted by Gasteiger charge is 2.18. The van der Waals surface area contributed by atoms with Crippen LogP contribution in [0.1, 0.15) is 17.3 Å². The second-order valence-corrected chi connectivity index (χ2v) is 6.64. The smallest absolute Gasteiger partial charge is 0.261 e. The molecule has 0 fully saturated rings. The largest absolute Gasteiger partial charge is 0.495 e. The molecule has 0 unspecified atom stereocenters. The molecule has 0 aliphatic heterocycles. The van der Waals surface area contributed by atoms with Crippen molar-refractivity contribution in [1.82, 2.24) is 4.57 Å². The first-order chi connectivity index (χ1) is 13.9. The topological polar surface area (TPSA) is 78.8 Å². The number of carbonyl (C=O) groups is 1. The van der Waals surface area contributed by atoms with E-state index in [1.54, 1.807) is 29.8 Å². The van der Waals surface area contributed by atoms with Crippen LogP contribution in [0.15, 0.2) is 41.3 Å². The van der Waals surface area contributed by atoms with E-state index in [0.29, 0.717) is 45.5 Å². The Morgan fingerprint density at radius 2 is 1.86 bits per heavy atom. The maximum atomic E-state index is 13.0. The van der Waals surface area contributed by atoms with Crippen molar-refractivity contribution in [2.24, 2.45) is 7.05 Å². The van der Waals surface area contributed by atoms with Gasteiger partial charge in [-0.3, -0.25) is 9.59 Å². The maximum absolute atomic E-state index is 13.0. The summed E-state index contributed by atoms with van der Waals surface area (Å²) in [5, 5.41) is 3.44. The number of hydrogen-bond donors (Lipinski definition) is 1. The summed E-state index contributed by atoms with van der Waals surface area (Å²) in [7, 11) is 4.69. The molecule has 0 radical (unpaired) electrons. The van der Waals surface area contributed by atoms with Crippen LogP contribution in [0.25, 0.3) is 10.9 Å². The molecule has 0 spiro atoms. The first-order valence-electron chi connectivity index (χ1n) is 8.88. The SMILES string of the molecule is CCOc1ccc2c(c1)c(=O)c(C(=O)Nc1cc(OC)c(Cl)cc1OC)cn2C. The number of nitrogens with one attached hydrogen (secondary N) is 1. The predicted octanol–water partition coefficient (Wildman–Crippen LogP) is 3.86. The normalized spacial score (nSPS) is 10.7. The zero-order chi connectivity index (χ0) is 21.1. The number of hydrogen-bond acceptors (Lipinski definition) is 5. The Bertz CT molecular complexity index is 1140. The van der Waals surface area contributed by atoms with E-state index in [4.69, 9.17) is 25.8 Å². The zero-order valence-corrected chi connectivity index (χ0v) is 17.3. The van der Waals surface area contributed by atoms with Crippen LogP contribution in [0.4, 0.5) is 5.69 Å². The molecule has 152 valence electrons. The summed E-state index contributed by atoms with van der Waals surface area (Å²) >= 11 is 6.10. The molecule has 0 atom stereocenters. The molecule has 3 rings (SSSR count). The Hall–Kier alpha value is -3.19. The zero-order valence-electron chi connectivity index (χ0n) is 16.5. The number of aryl methyl sites for hydroxylation is 1. The predicted molar refractivity (Wildman–Crippen MR) is 113 cm³/mol. The summed E-state index contributed by atoms with van der Waals surface area (Å²) in [6.07, 6.45) is 1.50. The fourth-order valence-corrected chi connectivity index (χ4v) is 3.27.